The fourth-order valence-corrected chi connectivity index (χ4v) is 3.60. The molecule has 0 saturated carbocycles. The number of fused-ring (bicyclic) bond motifs is 1. The molecule has 0 amide bonds. The summed E-state index contributed by atoms with van der Waals surface area (Å²) >= 11 is 0. The molecule has 0 unspecified atom stereocenters. The Morgan fingerprint density at radius 3 is 2.15 bits per heavy atom. The summed E-state index contributed by atoms with van der Waals surface area (Å²) in [4.78, 5) is 16.7. The third kappa shape index (κ3) is 2.95. The van der Waals surface area contributed by atoms with Crippen LogP contribution in [0.15, 0.2) is 16.7 Å². The van der Waals surface area contributed by atoms with E-state index in [0.29, 0.717) is 0 Å². The molecule has 0 spiro atoms. The van der Waals surface area contributed by atoms with Gasteiger partial charge in [0.05, 0.1) is 28.1 Å². The number of nitrogens with zero attached hydrogens (tertiary/aromatic N) is 4. The standard InChI is InChI=1S/C19H20N6O.CH4/c1-8-16(9(2)22-19(20)21-8)14-6-13(17-10(3)25-26-11(17)4)7-15-18(14)24-12(5)23-15;/h6-7H,1-5H3,(H,23,24)(H2,20,21,22);1H4. The Hall–Kier alpha value is -3.22. The number of aromatic amines is 1. The van der Waals surface area contributed by atoms with Crippen molar-refractivity contribution in [3.05, 3.63) is 40.8 Å². The molecule has 0 radical (unpaired) electrons. The van der Waals surface area contributed by atoms with E-state index in [1.54, 1.807) is 0 Å². The van der Waals surface area contributed by atoms with Gasteiger partial charge in [0.2, 0.25) is 5.95 Å². The molecule has 27 heavy (non-hydrogen) atoms. The summed E-state index contributed by atoms with van der Waals surface area (Å²) in [7, 11) is 0. The highest BCUT2D eigenvalue weighted by Gasteiger charge is 2.19. The first-order valence-electron chi connectivity index (χ1n) is 8.40. The first-order chi connectivity index (χ1) is 12.3. The number of hydrogen-bond donors (Lipinski definition) is 2. The zero-order valence-electron chi connectivity index (χ0n) is 15.4. The SMILES string of the molecule is C.Cc1nc2c(-c3c(C)nc(N)nc3C)cc(-c3c(C)noc3C)cc2[nH]1. The lowest BCUT2D eigenvalue weighted by atomic mass is 9.95. The third-order valence-electron chi connectivity index (χ3n) is 4.58. The summed E-state index contributed by atoms with van der Waals surface area (Å²) in [6.45, 7) is 9.68. The van der Waals surface area contributed by atoms with Crippen molar-refractivity contribution >= 4 is 17.0 Å². The molecular formula is C20H24N6O. The van der Waals surface area contributed by atoms with Crippen molar-refractivity contribution in [2.45, 2.75) is 42.0 Å². The van der Waals surface area contributed by atoms with Crippen molar-refractivity contribution in [3.63, 3.8) is 0 Å². The van der Waals surface area contributed by atoms with Gasteiger partial charge in [-0.1, -0.05) is 12.6 Å². The molecule has 7 heteroatoms. The van der Waals surface area contributed by atoms with Gasteiger partial charge in [-0.3, -0.25) is 0 Å². The van der Waals surface area contributed by atoms with Crippen molar-refractivity contribution in [1.82, 2.24) is 25.1 Å². The van der Waals surface area contributed by atoms with E-state index in [2.05, 4.69) is 37.2 Å². The Bertz CT molecular complexity index is 1110. The number of hydrogen-bond acceptors (Lipinski definition) is 6. The maximum atomic E-state index is 5.81. The Labute approximate surface area is 158 Å². The van der Waals surface area contributed by atoms with Crippen molar-refractivity contribution < 1.29 is 4.52 Å². The van der Waals surface area contributed by atoms with Crippen LogP contribution >= 0.6 is 0 Å². The van der Waals surface area contributed by atoms with Crippen LogP contribution in [0.25, 0.3) is 33.3 Å². The smallest absolute Gasteiger partial charge is 0.220 e. The maximum Gasteiger partial charge on any atom is 0.220 e. The number of imidazole rings is 1. The molecule has 3 heterocycles. The van der Waals surface area contributed by atoms with Gasteiger partial charge in [0, 0.05) is 16.7 Å². The second-order valence-corrected chi connectivity index (χ2v) is 6.57. The van der Waals surface area contributed by atoms with Crippen LogP contribution in [0.5, 0.6) is 0 Å². The molecule has 0 aliphatic carbocycles. The van der Waals surface area contributed by atoms with Gasteiger partial charge in [-0.25, -0.2) is 15.0 Å². The molecule has 0 aliphatic rings. The Balaban J connectivity index is 0.00000210. The lowest BCUT2D eigenvalue weighted by Gasteiger charge is -2.12. The monoisotopic (exact) mass is 364 g/mol. The Morgan fingerprint density at radius 2 is 1.56 bits per heavy atom. The summed E-state index contributed by atoms with van der Waals surface area (Å²) in [6, 6.07) is 4.18. The van der Waals surface area contributed by atoms with E-state index in [4.69, 9.17) is 10.3 Å². The van der Waals surface area contributed by atoms with E-state index >= 15 is 0 Å². The number of rotatable bonds is 2. The van der Waals surface area contributed by atoms with E-state index in [1.165, 1.54) is 0 Å². The first kappa shape index (κ1) is 18.6. The summed E-state index contributed by atoms with van der Waals surface area (Å²) in [5, 5.41) is 4.08. The minimum absolute atomic E-state index is 0. The number of benzene rings is 1. The zero-order chi connectivity index (χ0) is 18.6. The fourth-order valence-electron chi connectivity index (χ4n) is 3.60. The quantitative estimate of drug-likeness (QED) is 0.545. The van der Waals surface area contributed by atoms with Gasteiger partial charge < -0.3 is 15.2 Å². The average molecular weight is 364 g/mol. The van der Waals surface area contributed by atoms with E-state index in [0.717, 1.165) is 62.0 Å². The molecule has 0 atom stereocenters. The Morgan fingerprint density at radius 1 is 0.889 bits per heavy atom. The van der Waals surface area contributed by atoms with Crippen LogP contribution in [0.3, 0.4) is 0 Å². The summed E-state index contributed by atoms with van der Waals surface area (Å²) in [6.07, 6.45) is 0. The lowest BCUT2D eigenvalue weighted by molar-refractivity contribution is 0.393. The summed E-state index contributed by atoms with van der Waals surface area (Å²) < 4.78 is 5.36. The summed E-state index contributed by atoms with van der Waals surface area (Å²) in [5.41, 5.74) is 14.1. The predicted octanol–water partition coefficient (Wildman–Crippen LogP) is 4.44. The second-order valence-electron chi connectivity index (χ2n) is 6.57. The number of nitrogens with two attached hydrogens (primary N) is 1. The van der Waals surface area contributed by atoms with Crippen LogP contribution in [0.2, 0.25) is 0 Å². The third-order valence-corrected chi connectivity index (χ3v) is 4.58. The molecular weight excluding hydrogens is 340 g/mol. The Kier molecular flexibility index (Phi) is 4.47. The fraction of sp³-hybridized carbons (Fsp3) is 0.300. The predicted molar refractivity (Wildman–Crippen MR) is 107 cm³/mol. The van der Waals surface area contributed by atoms with Gasteiger partial charge in [-0.15, -0.1) is 0 Å². The number of anilines is 1. The number of nitrogen functional groups attached to an aromatic ring is 1. The molecule has 3 aromatic heterocycles. The van der Waals surface area contributed by atoms with E-state index in [1.807, 2.05) is 34.6 Å². The maximum absolute atomic E-state index is 5.81. The van der Waals surface area contributed by atoms with Crippen molar-refractivity contribution in [1.29, 1.82) is 0 Å². The molecule has 4 aromatic rings. The highest BCUT2D eigenvalue weighted by Crippen LogP contribution is 2.37. The van der Waals surface area contributed by atoms with Crippen molar-refractivity contribution in [2.24, 2.45) is 0 Å². The van der Waals surface area contributed by atoms with Crippen LogP contribution in [0.1, 0.15) is 36.1 Å². The van der Waals surface area contributed by atoms with Crippen LogP contribution in [-0.2, 0) is 0 Å². The van der Waals surface area contributed by atoms with E-state index in [-0.39, 0.29) is 13.4 Å². The van der Waals surface area contributed by atoms with Crippen LogP contribution in [0, 0.1) is 34.6 Å². The number of aryl methyl sites for hydroxylation is 5. The highest BCUT2D eigenvalue weighted by atomic mass is 16.5. The van der Waals surface area contributed by atoms with Crippen LogP contribution in [0.4, 0.5) is 5.95 Å². The van der Waals surface area contributed by atoms with E-state index in [9.17, 15) is 0 Å². The highest BCUT2D eigenvalue weighted by molar-refractivity contribution is 5.97. The number of nitrogens with one attached hydrogen (secondary N) is 1. The minimum atomic E-state index is 0. The molecule has 140 valence electrons. The van der Waals surface area contributed by atoms with Crippen LogP contribution < -0.4 is 5.73 Å². The second kappa shape index (κ2) is 6.50. The topological polar surface area (TPSA) is 107 Å². The zero-order valence-corrected chi connectivity index (χ0v) is 15.4. The van der Waals surface area contributed by atoms with Gasteiger partial charge in [0.25, 0.3) is 0 Å². The molecule has 0 aliphatic heterocycles. The minimum Gasteiger partial charge on any atom is -0.368 e. The molecule has 0 fully saturated rings. The molecule has 3 N–H and O–H groups in total. The van der Waals surface area contributed by atoms with Gasteiger partial charge in [0.15, 0.2) is 0 Å². The number of H-pyrrole nitrogens is 1. The van der Waals surface area contributed by atoms with Gasteiger partial charge in [-0.05, 0) is 52.3 Å². The molecule has 1 aromatic carbocycles. The molecule has 0 saturated heterocycles. The molecule has 7 nitrogen and oxygen atoms in total. The van der Waals surface area contributed by atoms with Gasteiger partial charge in [0.1, 0.15) is 11.6 Å². The van der Waals surface area contributed by atoms with Gasteiger partial charge in [-0.2, -0.15) is 0 Å². The molecule has 4 rings (SSSR count). The molecule has 0 bridgehead atoms. The van der Waals surface area contributed by atoms with Crippen molar-refractivity contribution in [3.8, 4) is 22.3 Å². The van der Waals surface area contributed by atoms with E-state index < -0.39 is 0 Å². The average Bonchev–Trinajstić information content (AvgIpc) is 3.07. The van der Waals surface area contributed by atoms with Gasteiger partial charge >= 0.3 is 0 Å². The largest absolute Gasteiger partial charge is 0.368 e. The number of aromatic nitrogens is 5. The van der Waals surface area contributed by atoms with Crippen LogP contribution in [-0.4, -0.2) is 25.1 Å². The first-order valence-corrected chi connectivity index (χ1v) is 8.40. The summed E-state index contributed by atoms with van der Waals surface area (Å²) in [5.74, 6) is 1.91. The normalized spacial score (nSPS) is 11.0. The van der Waals surface area contributed by atoms with Crippen molar-refractivity contribution in [2.75, 3.05) is 5.73 Å². The lowest BCUT2D eigenvalue weighted by Crippen LogP contribution is -2.02.